The molecule has 0 spiro atoms. The third-order valence-electron chi connectivity index (χ3n) is 4.41. The molecule has 0 amide bonds. The Morgan fingerprint density at radius 3 is 2.29 bits per heavy atom. The molecule has 0 aliphatic rings. The van der Waals surface area contributed by atoms with Gasteiger partial charge in [-0.05, 0) is 48.4 Å². The van der Waals surface area contributed by atoms with Crippen LogP contribution in [-0.4, -0.2) is 9.55 Å². The summed E-state index contributed by atoms with van der Waals surface area (Å²) in [5.41, 5.74) is 3.85. The molecule has 0 radical (unpaired) electrons. The average molecular weight is 326 g/mol. The maximum Gasteiger partial charge on any atom is 0.194 e. The first-order valence-corrected chi connectivity index (χ1v) is 7.46. The maximum absolute atomic E-state index is 13.5. The molecule has 2 aromatic heterocycles. The van der Waals surface area contributed by atoms with Crippen LogP contribution >= 0.6 is 0 Å². The van der Waals surface area contributed by atoms with Crippen molar-refractivity contribution in [1.29, 1.82) is 0 Å². The minimum atomic E-state index is -1.45. The molecule has 0 N–H and O–H groups in total. The summed E-state index contributed by atoms with van der Waals surface area (Å²) in [6, 6.07) is 9.47. The lowest BCUT2D eigenvalue weighted by Crippen LogP contribution is -1.92. The minimum absolute atomic E-state index is 0.302. The van der Waals surface area contributed by atoms with Crippen molar-refractivity contribution in [3.8, 4) is 11.1 Å². The van der Waals surface area contributed by atoms with Crippen LogP contribution in [0, 0.1) is 24.4 Å². The van der Waals surface area contributed by atoms with E-state index < -0.39 is 17.5 Å². The van der Waals surface area contributed by atoms with E-state index in [4.69, 9.17) is 0 Å². The van der Waals surface area contributed by atoms with Gasteiger partial charge < -0.3 is 4.57 Å². The van der Waals surface area contributed by atoms with Gasteiger partial charge in [0.25, 0.3) is 0 Å². The quantitative estimate of drug-likeness (QED) is 0.444. The fourth-order valence-electron chi connectivity index (χ4n) is 3.27. The fourth-order valence-corrected chi connectivity index (χ4v) is 3.27. The van der Waals surface area contributed by atoms with Crippen LogP contribution in [0.3, 0.4) is 0 Å². The Kier molecular flexibility index (Phi) is 3.13. The van der Waals surface area contributed by atoms with Crippen molar-refractivity contribution in [2.75, 3.05) is 0 Å². The van der Waals surface area contributed by atoms with Gasteiger partial charge in [0.05, 0.1) is 11.2 Å². The topological polar surface area (TPSA) is 17.8 Å². The van der Waals surface area contributed by atoms with Gasteiger partial charge in [0.2, 0.25) is 0 Å². The van der Waals surface area contributed by atoms with E-state index in [1.807, 2.05) is 36.7 Å². The van der Waals surface area contributed by atoms with E-state index in [1.54, 1.807) is 12.3 Å². The molecular formula is C19H13F3N2. The first kappa shape index (κ1) is 14.8. The number of fused-ring (bicyclic) bond motifs is 3. The van der Waals surface area contributed by atoms with Gasteiger partial charge in [-0.25, -0.2) is 13.2 Å². The zero-order chi connectivity index (χ0) is 17.0. The largest absolute Gasteiger partial charge is 0.342 e. The highest BCUT2D eigenvalue weighted by atomic mass is 19.2. The van der Waals surface area contributed by atoms with Crippen molar-refractivity contribution in [2.45, 2.75) is 6.92 Å². The molecule has 4 rings (SSSR count). The molecule has 0 unspecified atom stereocenters. The summed E-state index contributed by atoms with van der Waals surface area (Å²) >= 11 is 0. The van der Waals surface area contributed by atoms with Gasteiger partial charge in [-0.3, -0.25) is 4.98 Å². The number of halogens is 3. The van der Waals surface area contributed by atoms with Crippen LogP contribution in [0.1, 0.15) is 5.69 Å². The normalized spacial score (nSPS) is 11.5. The smallest absolute Gasteiger partial charge is 0.194 e. The minimum Gasteiger partial charge on any atom is -0.342 e. The Bertz CT molecular complexity index is 1090. The van der Waals surface area contributed by atoms with Gasteiger partial charge >= 0.3 is 0 Å². The van der Waals surface area contributed by atoms with E-state index >= 15 is 0 Å². The van der Waals surface area contributed by atoms with Crippen molar-refractivity contribution >= 4 is 21.8 Å². The Hall–Kier alpha value is -2.82. The average Bonchev–Trinajstić information content (AvgIpc) is 2.86. The first-order valence-electron chi connectivity index (χ1n) is 7.46. The molecule has 4 aromatic rings. The van der Waals surface area contributed by atoms with E-state index in [1.165, 1.54) is 0 Å². The van der Waals surface area contributed by atoms with Crippen molar-refractivity contribution in [1.82, 2.24) is 9.55 Å². The van der Waals surface area contributed by atoms with Crippen molar-refractivity contribution in [3.63, 3.8) is 0 Å². The molecule has 120 valence electrons. The summed E-state index contributed by atoms with van der Waals surface area (Å²) in [4.78, 5) is 4.32. The van der Waals surface area contributed by atoms with Crippen LogP contribution in [0.25, 0.3) is 32.9 Å². The van der Waals surface area contributed by atoms with E-state index in [0.717, 1.165) is 39.6 Å². The van der Waals surface area contributed by atoms with Crippen LogP contribution in [-0.2, 0) is 7.05 Å². The lowest BCUT2D eigenvalue weighted by atomic mass is 10.0. The second-order valence-corrected chi connectivity index (χ2v) is 5.84. The highest BCUT2D eigenvalue weighted by molar-refractivity contribution is 6.09. The Morgan fingerprint density at radius 2 is 1.58 bits per heavy atom. The SMILES string of the molecule is Cc1nccc2c3cc(-c4cc(F)c(F)c(F)c4)ccc3n(C)c12. The number of rotatable bonds is 1. The summed E-state index contributed by atoms with van der Waals surface area (Å²) in [5, 5.41) is 1.98. The number of pyridine rings is 1. The number of aromatic nitrogens is 2. The lowest BCUT2D eigenvalue weighted by Gasteiger charge is -2.05. The zero-order valence-corrected chi connectivity index (χ0v) is 13.1. The molecular weight excluding hydrogens is 313 g/mol. The third kappa shape index (κ3) is 2.01. The van der Waals surface area contributed by atoms with Crippen LogP contribution in [0.5, 0.6) is 0 Å². The molecule has 5 heteroatoms. The number of hydrogen-bond donors (Lipinski definition) is 0. The second kappa shape index (κ2) is 5.09. The Morgan fingerprint density at radius 1 is 0.875 bits per heavy atom. The van der Waals surface area contributed by atoms with Crippen molar-refractivity contribution in [3.05, 3.63) is 65.7 Å². The molecule has 0 aliphatic carbocycles. The number of benzene rings is 2. The van der Waals surface area contributed by atoms with Gasteiger partial charge in [0.1, 0.15) is 0 Å². The summed E-state index contributed by atoms with van der Waals surface area (Å²) in [5.74, 6) is -3.84. The number of nitrogens with zero attached hydrogens (tertiary/aromatic N) is 2. The summed E-state index contributed by atoms with van der Waals surface area (Å²) in [7, 11) is 1.95. The molecule has 2 aromatic carbocycles. The van der Waals surface area contributed by atoms with Crippen molar-refractivity contribution in [2.24, 2.45) is 7.05 Å². The molecule has 0 saturated heterocycles. The van der Waals surface area contributed by atoms with Gasteiger partial charge in [-0.2, -0.15) is 0 Å². The maximum atomic E-state index is 13.5. The first-order chi connectivity index (χ1) is 11.5. The van der Waals surface area contributed by atoms with E-state index in [2.05, 4.69) is 4.98 Å². The van der Waals surface area contributed by atoms with E-state index in [9.17, 15) is 13.2 Å². The fraction of sp³-hybridized carbons (Fsp3) is 0.105. The second-order valence-electron chi connectivity index (χ2n) is 5.84. The van der Waals surface area contributed by atoms with Crippen LogP contribution in [0.2, 0.25) is 0 Å². The third-order valence-corrected chi connectivity index (χ3v) is 4.41. The molecule has 0 saturated carbocycles. The van der Waals surface area contributed by atoms with Gasteiger partial charge in [-0.1, -0.05) is 6.07 Å². The van der Waals surface area contributed by atoms with Crippen LogP contribution in [0.4, 0.5) is 13.2 Å². The summed E-state index contributed by atoms with van der Waals surface area (Å²) < 4.78 is 42.3. The monoisotopic (exact) mass is 326 g/mol. The van der Waals surface area contributed by atoms with Crippen LogP contribution in [0.15, 0.2) is 42.6 Å². The highest BCUT2D eigenvalue weighted by Crippen LogP contribution is 2.33. The molecule has 0 aliphatic heterocycles. The van der Waals surface area contributed by atoms with Crippen molar-refractivity contribution < 1.29 is 13.2 Å². The predicted molar refractivity (Wildman–Crippen MR) is 88.3 cm³/mol. The van der Waals surface area contributed by atoms with Crippen LogP contribution < -0.4 is 0 Å². The van der Waals surface area contributed by atoms with Gasteiger partial charge in [-0.15, -0.1) is 0 Å². The number of hydrogen-bond acceptors (Lipinski definition) is 1. The standard InChI is InChI=1S/C19H13F3N2/c1-10-19-13(5-6-23-10)14-7-11(3-4-17(14)24(19)2)12-8-15(20)18(22)16(21)9-12/h3-9H,1-2H3. The van der Waals surface area contributed by atoms with E-state index in [0.29, 0.717) is 11.1 Å². The van der Waals surface area contributed by atoms with Gasteiger partial charge in [0, 0.05) is 29.5 Å². The van der Waals surface area contributed by atoms with Gasteiger partial charge in [0.15, 0.2) is 17.5 Å². The Balaban J connectivity index is 2.03. The lowest BCUT2D eigenvalue weighted by molar-refractivity contribution is 0.448. The predicted octanol–water partition coefficient (Wildman–Crippen LogP) is 5.12. The highest BCUT2D eigenvalue weighted by Gasteiger charge is 2.14. The molecule has 2 nitrogen and oxygen atoms in total. The molecule has 0 bridgehead atoms. The molecule has 0 fully saturated rings. The summed E-state index contributed by atoms with van der Waals surface area (Å²) in [6.45, 7) is 1.94. The summed E-state index contributed by atoms with van der Waals surface area (Å²) in [6.07, 6.45) is 1.74. The number of aryl methyl sites for hydroxylation is 2. The van der Waals surface area contributed by atoms with E-state index in [-0.39, 0.29) is 0 Å². The Labute approximate surface area is 136 Å². The molecule has 2 heterocycles. The zero-order valence-electron chi connectivity index (χ0n) is 13.1. The molecule has 0 atom stereocenters. The molecule has 24 heavy (non-hydrogen) atoms.